The molecule has 18 aromatic carbocycles. The first kappa shape index (κ1) is 81.4. The maximum atomic E-state index is 7.75. The molecule has 18 aromatic rings. The Labute approximate surface area is 751 Å². The highest BCUT2D eigenvalue weighted by atomic mass is 16.5. The minimum atomic E-state index is -0.386. The van der Waals surface area contributed by atoms with Crippen LogP contribution < -0.4 is 15.4 Å². The summed E-state index contributed by atoms with van der Waals surface area (Å²) in [4.78, 5) is 0. The molecule has 3 heteroatoms. The number of hydrogen-bond acceptors (Lipinski definition) is 3. The number of hydrogen-bond donors (Lipinski definition) is 2. The lowest BCUT2D eigenvalue weighted by atomic mass is 9.85. The van der Waals surface area contributed by atoms with Crippen molar-refractivity contribution in [2.45, 2.75) is 85.0 Å². The van der Waals surface area contributed by atoms with Gasteiger partial charge in [-0.25, -0.2) is 0 Å². The van der Waals surface area contributed by atoms with Gasteiger partial charge < -0.3 is 15.4 Å². The van der Waals surface area contributed by atoms with Gasteiger partial charge in [-0.15, -0.1) is 0 Å². The largest absolute Gasteiger partial charge is 0.497 e. The van der Waals surface area contributed by atoms with Crippen molar-refractivity contribution in [3.63, 3.8) is 0 Å². The monoisotopic (exact) mass is 1630 g/mol. The van der Waals surface area contributed by atoms with Crippen LogP contribution in [0.3, 0.4) is 0 Å². The third-order valence-electron chi connectivity index (χ3n) is 21.6. The SMILES string of the molecule is CC(C)(C)c1ccc(Cc2ccc(C(C)(C)C)cc2)cc1.COc1ccc(Cc2ccc(C)cc2)cc1.[2H]c1c([2H])c([2H])c(Nc2ccccc2)c([2H])c1[2H].c1ccc(Cc2ccc(-c3ccc(-c4ccccc4)cc3)cc2)cc1.c1ccc(Cc2ccc(-c3cccc(-c4ccccc4)c3)cc2)cc1.c1ccc(Nc2ccc(-c3ccccc3-c3ccccc3)cc2)cc1. The number of aryl methyl sites for hydroxylation is 1. The maximum Gasteiger partial charge on any atom is 0.118 e. The van der Waals surface area contributed by atoms with Crippen molar-refractivity contribution in [1.82, 2.24) is 0 Å². The first-order valence-electron chi connectivity index (χ1n) is 45.5. The standard InChI is InChI=1S/2C25H20.C24H19N.C21H28.C15H16O.C12H11N/c1-3-8-20(9-4-1)18-21-14-16-23(17-15-21)25-13-7-12-24(19-25)22-10-5-2-6-11-22;1-3-7-20(8-4-1)19-21-11-13-23(14-12-21)25-17-15-24(16-18-25)22-9-5-2-6-10-22;1-3-9-19(10-4-1)23-13-7-8-14-24(23)20-15-17-22(18-16-20)25-21-11-5-2-6-12-21;1-20(2,3)18-11-7-16(8-12-18)15-17-9-13-19(14-10-17)21(4,5)6;1-12-3-5-13(6-4-12)11-14-7-9-15(16-2)10-8-14;1-3-7-11(8-4-1)13-12-9-5-2-6-10-12/h1-17,19H,18H2;1-18H,19H2;1-18,25H;7-14H,15H2,1-6H3;3-10H,11H2,1-2H3;1-10,13H/i;;;;;1D,3D,4D,7D,8D. The molecule has 0 heterocycles. The molecule has 0 unspecified atom stereocenters. The number of methoxy groups -OCH3 is 1. The Bertz CT molecular complexity index is 6370. The summed E-state index contributed by atoms with van der Waals surface area (Å²) in [5.74, 6) is 0.910. The quantitative estimate of drug-likeness (QED) is 0.0847. The highest BCUT2D eigenvalue weighted by Crippen LogP contribution is 2.35. The lowest BCUT2D eigenvalue weighted by Crippen LogP contribution is -2.11. The van der Waals surface area contributed by atoms with Gasteiger partial charge in [0.05, 0.1) is 14.0 Å². The van der Waals surface area contributed by atoms with E-state index in [1.165, 1.54) is 128 Å². The Morgan fingerprint density at radius 2 is 0.472 bits per heavy atom. The summed E-state index contributed by atoms with van der Waals surface area (Å²) in [5, 5.41) is 6.28. The van der Waals surface area contributed by atoms with Crippen LogP contribution >= 0.6 is 0 Å². The van der Waals surface area contributed by atoms with E-state index in [4.69, 9.17) is 11.6 Å². The fourth-order valence-electron chi connectivity index (χ4n) is 14.5. The first-order chi connectivity index (χ1) is 63.1. The van der Waals surface area contributed by atoms with Gasteiger partial charge in [-0.2, -0.15) is 0 Å². The van der Waals surface area contributed by atoms with Gasteiger partial charge in [0.25, 0.3) is 0 Å². The number of ether oxygens (including phenoxy) is 1. The van der Waals surface area contributed by atoms with E-state index < -0.39 is 0 Å². The van der Waals surface area contributed by atoms with Crippen LogP contribution in [-0.4, -0.2) is 7.11 Å². The van der Waals surface area contributed by atoms with Gasteiger partial charge in [-0.05, 0) is 233 Å². The smallest absolute Gasteiger partial charge is 0.118 e. The van der Waals surface area contributed by atoms with Crippen molar-refractivity contribution in [2.24, 2.45) is 0 Å². The van der Waals surface area contributed by atoms with Gasteiger partial charge in [0.1, 0.15) is 5.75 Å². The highest BCUT2D eigenvalue weighted by Gasteiger charge is 2.16. The van der Waals surface area contributed by atoms with E-state index in [9.17, 15) is 0 Å². The highest BCUT2D eigenvalue weighted by molar-refractivity contribution is 5.84. The van der Waals surface area contributed by atoms with Crippen LogP contribution in [0.2, 0.25) is 0 Å². The minimum absolute atomic E-state index is 0.0900. The van der Waals surface area contributed by atoms with Crippen molar-refractivity contribution in [3.05, 3.63) is 546 Å². The first-order valence-corrected chi connectivity index (χ1v) is 43.0. The Kier molecular flexibility index (Phi) is 29.5. The van der Waals surface area contributed by atoms with Crippen molar-refractivity contribution in [1.29, 1.82) is 0 Å². The summed E-state index contributed by atoms with van der Waals surface area (Å²) in [6.45, 7) is 15.7. The minimum Gasteiger partial charge on any atom is -0.497 e. The summed E-state index contributed by atoms with van der Waals surface area (Å²) in [6.07, 6.45) is 3.94. The third-order valence-corrected chi connectivity index (χ3v) is 21.6. The second-order valence-electron chi connectivity index (χ2n) is 33.2. The van der Waals surface area contributed by atoms with Crippen LogP contribution in [0.25, 0.3) is 66.8 Å². The second kappa shape index (κ2) is 45.3. The predicted octanol–water partition coefficient (Wildman–Crippen LogP) is 32.9. The number of benzene rings is 18. The molecule has 0 aliphatic carbocycles. The molecule has 125 heavy (non-hydrogen) atoms. The molecule has 2 N–H and O–H groups in total. The maximum absolute atomic E-state index is 7.75. The van der Waals surface area contributed by atoms with E-state index in [0.717, 1.165) is 42.8 Å². The van der Waals surface area contributed by atoms with Crippen LogP contribution in [0.1, 0.15) is 110 Å². The molecule has 0 fully saturated rings. The predicted molar refractivity (Wildman–Crippen MR) is 536 cm³/mol. The number of anilines is 4. The van der Waals surface area contributed by atoms with Gasteiger partial charge in [0.2, 0.25) is 0 Å². The Morgan fingerprint density at radius 3 is 0.840 bits per heavy atom. The van der Waals surface area contributed by atoms with Crippen molar-refractivity contribution < 1.29 is 11.6 Å². The Morgan fingerprint density at radius 1 is 0.224 bits per heavy atom. The normalized spacial score (nSPS) is 11.2. The molecule has 0 spiro atoms. The summed E-state index contributed by atoms with van der Waals surface area (Å²) in [7, 11) is 1.69. The molecule has 0 bridgehead atoms. The number of para-hydroxylation sites is 3. The molecule has 0 aliphatic rings. The number of nitrogens with one attached hydrogen (secondary N) is 2. The molecule has 0 aromatic heterocycles. The average molecular weight is 1630 g/mol. The van der Waals surface area contributed by atoms with Crippen molar-refractivity contribution in [2.75, 3.05) is 17.7 Å². The fraction of sp³-hybridized carbons (Fsp3) is 0.115. The lowest BCUT2D eigenvalue weighted by Gasteiger charge is -2.20. The van der Waals surface area contributed by atoms with Crippen LogP contribution in [-0.2, 0) is 36.5 Å². The van der Waals surface area contributed by atoms with Crippen LogP contribution in [0.5, 0.6) is 5.75 Å². The number of rotatable bonds is 19. The molecule has 0 amide bonds. The Hall–Kier alpha value is -14.6. The molecule has 0 radical (unpaired) electrons. The molecule has 0 aliphatic heterocycles. The van der Waals surface area contributed by atoms with Crippen molar-refractivity contribution >= 4 is 22.7 Å². The summed E-state index contributed by atoms with van der Waals surface area (Å²) < 4.78 is 43.2. The van der Waals surface area contributed by atoms with E-state index >= 15 is 0 Å². The molecule has 18 rings (SSSR count). The average Bonchev–Trinajstić information content (AvgIpc) is 0.794. The molecular formula is C122H114N2O. The molecule has 0 atom stereocenters. The lowest BCUT2D eigenvalue weighted by molar-refractivity contribution is 0.414. The molecule has 618 valence electrons. The molecule has 0 saturated carbocycles. The summed E-state index contributed by atoms with van der Waals surface area (Å²) in [6, 6.07) is 158. The topological polar surface area (TPSA) is 33.3 Å². The zero-order valence-corrected chi connectivity index (χ0v) is 73.0. The van der Waals surface area contributed by atoms with Gasteiger partial charge >= 0.3 is 0 Å². The van der Waals surface area contributed by atoms with Crippen LogP contribution in [0.4, 0.5) is 22.7 Å². The summed E-state index contributed by atoms with van der Waals surface area (Å²) in [5.41, 5.74) is 33.3. The summed E-state index contributed by atoms with van der Waals surface area (Å²) >= 11 is 0. The van der Waals surface area contributed by atoms with Gasteiger partial charge in [0, 0.05) is 22.7 Å². The van der Waals surface area contributed by atoms with E-state index in [-0.39, 0.29) is 46.7 Å². The van der Waals surface area contributed by atoms with Gasteiger partial charge in [-0.3, -0.25) is 0 Å². The van der Waals surface area contributed by atoms with Crippen LogP contribution in [0, 0.1) is 6.92 Å². The molecule has 3 nitrogen and oxygen atoms in total. The van der Waals surface area contributed by atoms with Crippen LogP contribution in [0.15, 0.2) is 485 Å². The van der Waals surface area contributed by atoms with Gasteiger partial charge in [-0.1, -0.05) is 466 Å². The van der Waals surface area contributed by atoms with Crippen molar-refractivity contribution in [3.8, 4) is 72.5 Å². The van der Waals surface area contributed by atoms with E-state index in [2.05, 4.69) is 453 Å². The third kappa shape index (κ3) is 28.0. The zero-order valence-electron chi connectivity index (χ0n) is 78.0. The molecular weight excluding hydrogens is 1510 g/mol. The Balaban J connectivity index is 0.000000134. The second-order valence-corrected chi connectivity index (χ2v) is 33.2. The van der Waals surface area contributed by atoms with E-state index in [1.54, 1.807) is 31.4 Å². The van der Waals surface area contributed by atoms with E-state index in [1.807, 2.05) is 36.4 Å². The molecule has 0 saturated heterocycles. The van der Waals surface area contributed by atoms with E-state index in [0.29, 0.717) is 5.69 Å². The fourth-order valence-corrected chi connectivity index (χ4v) is 14.5. The van der Waals surface area contributed by atoms with Gasteiger partial charge in [0.15, 0.2) is 0 Å². The zero-order chi connectivity index (χ0) is 91.0.